The minimum atomic E-state index is -0.494. The normalized spacial score (nSPS) is 10.8. The number of nitriles is 1. The van der Waals surface area contributed by atoms with Crippen molar-refractivity contribution in [2.75, 3.05) is 17.2 Å². The third kappa shape index (κ3) is 6.31. The molecule has 3 aromatic rings. The SMILES string of the molecule is Cc1ccccc1NC(=O)/C(C#N)=C\c1cccc(OCC(=O)Nc2cccc(C)c2C)c1. The molecular weight excluding hydrogens is 414 g/mol. The molecule has 0 heterocycles. The first-order valence-electron chi connectivity index (χ1n) is 10.4. The number of carbonyl (C=O) groups excluding carboxylic acids is 2. The molecule has 0 saturated heterocycles. The summed E-state index contributed by atoms with van der Waals surface area (Å²) < 4.78 is 5.61. The average molecular weight is 440 g/mol. The second-order valence-electron chi connectivity index (χ2n) is 7.60. The standard InChI is InChI=1S/C27H25N3O3/c1-18-9-6-13-25(20(18)3)29-26(31)17-33-23-11-7-10-21(15-23)14-22(16-28)27(32)30-24-12-5-4-8-19(24)2/h4-15H,17H2,1-3H3,(H,29,31)(H,30,32)/b22-14-. The monoisotopic (exact) mass is 439 g/mol. The Morgan fingerprint density at radius 2 is 1.61 bits per heavy atom. The molecule has 0 aliphatic heterocycles. The third-order valence-electron chi connectivity index (χ3n) is 5.18. The van der Waals surface area contributed by atoms with Crippen LogP contribution < -0.4 is 15.4 Å². The van der Waals surface area contributed by atoms with Gasteiger partial charge in [-0.2, -0.15) is 5.26 Å². The van der Waals surface area contributed by atoms with E-state index in [1.165, 1.54) is 6.08 Å². The van der Waals surface area contributed by atoms with E-state index in [-0.39, 0.29) is 18.1 Å². The average Bonchev–Trinajstić information content (AvgIpc) is 2.81. The Bertz CT molecular complexity index is 1260. The maximum absolute atomic E-state index is 12.5. The minimum Gasteiger partial charge on any atom is -0.484 e. The van der Waals surface area contributed by atoms with Crippen LogP contribution in [0.5, 0.6) is 5.75 Å². The first-order valence-corrected chi connectivity index (χ1v) is 10.4. The molecule has 0 radical (unpaired) electrons. The molecule has 0 aliphatic rings. The summed E-state index contributed by atoms with van der Waals surface area (Å²) in [5.41, 5.74) is 4.97. The zero-order valence-corrected chi connectivity index (χ0v) is 18.8. The van der Waals surface area contributed by atoms with Gasteiger partial charge in [0.25, 0.3) is 11.8 Å². The highest BCUT2D eigenvalue weighted by molar-refractivity contribution is 6.10. The summed E-state index contributed by atoms with van der Waals surface area (Å²) in [4.78, 5) is 24.8. The first-order chi connectivity index (χ1) is 15.9. The fourth-order valence-corrected chi connectivity index (χ4v) is 3.13. The number of nitrogens with zero attached hydrogens (tertiary/aromatic N) is 1. The second-order valence-corrected chi connectivity index (χ2v) is 7.60. The van der Waals surface area contributed by atoms with E-state index in [2.05, 4.69) is 10.6 Å². The Balaban J connectivity index is 1.65. The number of benzene rings is 3. The topological polar surface area (TPSA) is 91.2 Å². The molecule has 33 heavy (non-hydrogen) atoms. The van der Waals surface area contributed by atoms with Gasteiger partial charge in [-0.15, -0.1) is 0 Å². The number of carbonyl (C=O) groups is 2. The molecular formula is C27H25N3O3. The molecule has 0 aliphatic carbocycles. The van der Waals surface area contributed by atoms with Crippen molar-refractivity contribution in [1.29, 1.82) is 5.26 Å². The van der Waals surface area contributed by atoms with Gasteiger partial charge in [-0.25, -0.2) is 0 Å². The molecule has 2 amide bonds. The number of anilines is 2. The van der Waals surface area contributed by atoms with E-state index in [0.29, 0.717) is 17.0 Å². The van der Waals surface area contributed by atoms with Crippen molar-refractivity contribution >= 4 is 29.3 Å². The van der Waals surface area contributed by atoms with E-state index in [4.69, 9.17) is 4.74 Å². The van der Waals surface area contributed by atoms with E-state index >= 15 is 0 Å². The van der Waals surface area contributed by atoms with Gasteiger partial charge in [-0.1, -0.05) is 42.5 Å². The fourth-order valence-electron chi connectivity index (χ4n) is 3.13. The van der Waals surface area contributed by atoms with Crippen molar-refractivity contribution in [3.05, 3.63) is 94.6 Å². The molecule has 0 fully saturated rings. The third-order valence-corrected chi connectivity index (χ3v) is 5.18. The van der Waals surface area contributed by atoms with Gasteiger partial charge in [-0.3, -0.25) is 9.59 Å². The van der Waals surface area contributed by atoms with Crippen LogP contribution in [0.25, 0.3) is 6.08 Å². The molecule has 3 aromatic carbocycles. The van der Waals surface area contributed by atoms with Gasteiger partial charge in [0.2, 0.25) is 0 Å². The van der Waals surface area contributed by atoms with Crippen LogP contribution in [0.4, 0.5) is 11.4 Å². The predicted molar refractivity (Wildman–Crippen MR) is 130 cm³/mol. The molecule has 2 N–H and O–H groups in total. The molecule has 166 valence electrons. The fraction of sp³-hybridized carbons (Fsp3) is 0.148. The van der Waals surface area contributed by atoms with E-state index in [0.717, 1.165) is 22.4 Å². The van der Waals surface area contributed by atoms with Gasteiger partial charge in [0.15, 0.2) is 6.61 Å². The van der Waals surface area contributed by atoms with Crippen LogP contribution >= 0.6 is 0 Å². The van der Waals surface area contributed by atoms with Gasteiger partial charge in [0.05, 0.1) is 0 Å². The van der Waals surface area contributed by atoms with Gasteiger partial charge >= 0.3 is 0 Å². The highest BCUT2D eigenvalue weighted by Crippen LogP contribution is 2.20. The zero-order valence-electron chi connectivity index (χ0n) is 18.8. The lowest BCUT2D eigenvalue weighted by Gasteiger charge is -2.11. The quantitative estimate of drug-likeness (QED) is 0.392. The Labute approximate surface area is 193 Å². The number of aryl methyl sites for hydroxylation is 2. The van der Waals surface area contributed by atoms with Crippen molar-refractivity contribution < 1.29 is 14.3 Å². The Morgan fingerprint density at radius 1 is 0.909 bits per heavy atom. The number of amides is 2. The Morgan fingerprint density at radius 3 is 2.36 bits per heavy atom. The molecule has 0 atom stereocenters. The lowest BCUT2D eigenvalue weighted by atomic mass is 10.1. The lowest BCUT2D eigenvalue weighted by molar-refractivity contribution is -0.118. The van der Waals surface area contributed by atoms with Crippen LogP contribution in [-0.4, -0.2) is 18.4 Å². The van der Waals surface area contributed by atoms with Crippen molar-refractivity contribution in [3.63, 3.8) is 0 Å². The smallest absolute Gasteiger partial charge is 0.266 e. The summed E-state index contributed by atoms with van der Waals surface area (Å²) in [5, 5.41) is 15.1. The van der Waals surface area contributed by atoms with Gasteiger partial charge in [0, 0.05) is 11.4 Å². The van der Waals surface area contributed by atoms with Crippen molar-refractivity contribution in [3.8, 4) is 11.8 Å². The molecule has 6 nitrogen and oxygen atoms in total. The van der Waals surface area contributed by atoms with Crippen LogP contribution in [0.2, 0.25) is 0 Å². The summed E-state index contributed by atoms with van der Waals surface area (Å²) in [7, 11) is 0. The zero-order chi connectivity index (χ0) is 23.8. The maximum atomic E-state index is 12.5. The molecule has 0 saturated carbocycles. The lowest BCUT2D eigenvalue weighted by Crippen LogP contribution is -2.20. The number of para-hydroxylation sites is 1. The van der Waals surface area contributed by atoms with Crippen molar-refractivity contribution in [2.24, 2.45) is 0 Å². The highest BCUT2D eigenvalue weighted by Gasteiger charge is 2.11. The van der Waals surface area contributed by atoms with Gasteiger partial charge < -0.3 is 15.4 Å². The van der Waals surface area contributed by atoms with Crippen LogP contribution in [0.1, 0.15) is 22.3 Å². The summed E-state index contributed by atoms with van der Waals surface area (Å²) >= 11 is 0. The summed E-state index contributed by atoms with van der Waals surface area (Å²) in [6.07, 6.45) is 1.48. The highest BCUT2D eigenvalue weighted by atomic mass is 16.5. The molecule has 0 unspecified atom stereocenters. The molecule has 0 bridgehead atoms. The first kappa shape index (κ1) is 23.3. The number of hydrogen-bond acceptors (Lipinski definition) is 4. The van der Waals surface area contributed by atoms with Crippen LogP contribution in [0, 0.1) is 32.1 Å². The predicted octanol–water partition coefficient (Wildman–Crippen LogP) is 5.18. The van der Waals surface area contributed by atoms with Crippen LogP contribution in [-0.2, 0) is 9.59 Å². The van der Waals surface area contributed by atoms with Gasteiger partial charge in [-0.05, 0) is 73.4 Å². The van der Waals surface area contributed by atoms with E-state index < -0.39 is 5.91 Å². The number of hydrogen-bond donors (Lipinski definition) is 2. The summed E-state index contributed by atoms with van der Waals surface area (Å²) in [6, 6.07) is 21.9. The number of ether oxygens (including phenoxy) is 1. The van der Waals surface area contributed by atoms with E-state index in [1.807, 2.05) is 63.2 Å². The largest absolute Gasteiger partial charge is 0.484 e. The Kier molecular flexibility index (Phi) is 7.61. The second kappa shape index (κ2) is 10.8. The maximum Gasteiger partial charge on any atom is 0.266 e. The van der Waals surface area contributed by atoms with Crippen molar-refractivity contribution in [2.45, 2.75) is 20.8 Å². The number of nitrogens with one attached hydrogen (secondary N) is 2. The summed E-state index contributed by atoms with van der Waals surface area (Å²) in [6.45, 7) is 5.64. The minimum absolute atomic E-state index is 0.0388. The molecule has 0 spiro atoms. The number of rotatable bonds is 7. The summed E-state index contributed by atoms with van der Waals surface area (Å²) in [5.74, 6) is -0.317. The van der Waals surface area contributed by atoms with Crippen LogP contribution in [0.15, 0.2) is 72.3 Å². The van der Waals surface area contributed by atoms with Crippen molar-refractivity contribution in [1.82, 2.24) is 0 Å². The van der Waals surface area contributed by atoms with Gasteiger partial charge in [0.1, 0.15) is 17.4 Å². The van der Waals surface area contributed by atoms with E-state index in [9.17, 15) is 14.9 Å². The molecule has 6 heteroatoms. The Hall–Kier alpha value is -4.37. The van der Waals surface area contributed by atoms with Crippen LogP contribution in [0.3, 0.4) is 0 Å². The molecule has 0 aromatic heterocycles. The van der Waals surface area contributed by atoms with E-state index in [1.54, 1.807) is 30.3 Å². The molecule has 3 rings (SSSR count).